The fourth-order valence-electron chi connectivity index (χ4n) is 0.635. The van der Waals surface area contributed by atoms with Crippen LogP contribution in [0.15, 0.2) is 9.66 Å². The number of carbonyl (C=O) groups is 1. The molecule has 1 aliphatic carbocycles. The second kappa shape index (κ2) is 3.37. The van der Waals surface area contributed by atoms with Crippen molar-refractivity contribution in [3.8, 4) is 0 Å². The lowest BCUT2D eigenvalue weighted by molar-refractivity contribution is -0.135. The van der Waals surface area contributed by atoms with Gasteiger partial charge in [-0.3, -0.25) is 0 Å². The van der Waals surface area contributed by atoms with Crippen molar-refractivity contribution in [2.24, 2.45) is 5.92 Å². The van der Waals surface area contributed by atoms with Crippen LogP contribution in [0.25, 0.3) is 0 Å². The van der Waals surface area contributed by atoms with Gasteiger partial charge in [-0.1, -0.05) is 6.08 Å². The normalized spacial score (nSPS) is 18.8. The van der Waals surface area contributed by atoms with Crippen LogP contribution < -0.4 is 0 Å². The van der Waals surface area contributed by atoms with E-state index in [0.29, 0.717) is 9.50 Å². The molecule has 0 amide bonds. The highest BCUT2D eigenvalue weighted by Crippen LogP contribution is 2.32. The van der Waals surface area contributed by atoms with E-state index in [2.05, 4.69) is 4.74 Å². The van der Waals surface area contributed by atoms with E-state index in [4.69, 9.17) is 0 Å². The number of hydrogen-bond acceptors (Lipinski definition) is 2. The molecule has 1 aliphatic rings. The van der Waals surface area contributed by atoms with E-state index >= 15 is 0 Å². The average molecular weight is 252 g/mol. The molecule has 2 nitrogen and oxygen atoms in total. The van der Waals surface area contributed by atoms with Gasteiger partial charge in [-0.25, -0.2) is 4.79 Å². The molecule has 0 aromatic rings. The Morgan fingerprint density at radius 3 is 2.70 bits per heavy atom. The number of carbonyl (C=O) groups excluding carboxylic acids is 1. The lowest BCUT2D eigenvalue weighted by Gasteiger charge is -1.94. The number of methoxy groups -OCH3 is 1. The van der Waals surface area contributed by atoms with Crippen LogP contribution in [0.3, 0.4) is 0 Å². The molecule has 0 radical (unpaired) electrons. The molecular weight excluding hydrogens is 243 g/mol. The van der Waals surface area contributed by atoms with E-state index < -0.39 is 0 Å². The second-order valence-electron chi connectivity index (χ2n) is 2.34. The molecule has 0 aromatic heterocycles. The highest BCUT2D eigenvalue weighted by atomic mass is 127. The summed E-state index contributed by atoms with van der Waals surface area (Å²) in [6.07, 6.45) is 4.43. The minimum absolute atomic E-state index is 0.215. The molecule has 1 fully saturated rings. The van der Waals surface area contributed by atoms with Crippen LogP contribution in [0.4, 0.5) is 0 Å². The van der Waals surface area contributed by atoms with Crippen molar-refractivity contribution < 1.29 is 9.53 Å². The Kier molecular flexibility index (Phi) is 2.71. The van der Waals surface area contributed by atoms with Gasteiger partial charge in [0.25, 0.3) is 0 Å². The zero-order valence-electron chi connectivity index (χ0n) is 5.76. The predicted molar refractivity (Wildman–Crippen MR) is 46.8 cm³/mol. The predicted octanol–water partition coefficient (Wildman–Crippen LogP) is 1.89. The first kappa shape index (κ1) is 8.04. The summed E-state index contributed by atoms with van der Waals surface area (Å²) in [5.74, 6) is 0.429. The van der Waals surface area contributed by atoms with Crippen LogP contribution in [0, 0.1) is 5.92 Å². The van der Waals surface area contributed by atoms with Gasteiger partial charge in [0, 0.05) is 0 Å². The third kappa shape index (κ3) is 2.28. The van der Waals surface area contributed by atoms with E-state index in [1.807, 2.05) is 28.7 Å². The molecule has 10 heavy (non-hydrogen) atoms. The Morgan fingerprint density at radius 1 is 1.70 bits per heavy atom. The quantitative estimate of drug-likeness (QED) is 0.426. The van der Waals surface area contributed by atoms with Gasteiger partial charge >= 0.3 is 5.97 Å². The van der Waals surface area contributed by atoms with Crippen LogP contribution in [0.5, 0.6) is 0 Å². The largest absolute Gasteiger partial charge is 0.465 e. The second-order valence-corrected chi connectivity index (χ2v) is 3.51. The summed E-state index contributed by atoms with van der Waals surface area (Å²) in [7, 11) is 1.40. The average Bonchev–Trinajstić information content (AvgIpc) is 2.70. The minimum Gasteiger partial charge on any atom is -0.465 e. The Hall–Kier alpha value is -0.0600. The van der Waals surface area contributed by atoms with Crippen molar-refractivity contribution in [1.29, 1.82) is 0 Å². The maximum atomic E-state index is 10.8. The van der Waals surface area contributed by atoms with Crippen LogP contribution in [-0.4, -0.2) is 13.1 Å². The first-order valence-electron chi connectivity index (χ1n) is 3.19. The maximum Gasteiger partial charge on any atom is 0.343 e. The first-order valence-corrected chi connectivity index (χ1v) is 4.27. The number of rotatable bonds is 2. The summed E-state index contributed by atoms with van der Waals surface area (Å²) >= 11 is 2.01. The molecule has 0 aromatic carbocycles. The zero-order chi connectivity index (χ0) is 7.56. The molecule has 0 heterocycles. The van der Waals surface area contributed by atoms with Crippen molar-refractivity contribution in [2.75, 3.05) is 7.11 Å². The lowest BCUT2D eigenvalue weighted by Crippen LogP contribution is -1.98. The minimum atomic E-state index is -0.215. The van der Waals surface area contributed by atoms with Crippen molar-refractivity contribution in [3.63, 3.8) is 0 Å². The third-order valence-electron chi connectivity index (χ3n) is 1.38. The lowest BCUT2D eigenvalue weighted by atomic mass is 10.4. The molecule has 1 saturated carbocycles. The number of hydrogen-bond donors (Lipinski definition) is 0. The number of halogens is 1. The van der Waals surface area contributed by atoms with E-state index in [0.717, 1.165) is 0 Å². The summed E-state index contributed by atoms with van der Waals surface area (Å²) in [5, 5.41) is 0. The van der Waals surface area contributed by atoms with E-state index in [-0.39, 0.29) is 5.97 Å². The molecule has 1 rings (SSSR count). The van der Waals surface area contributed by atoms with Gasteiger partial charge in [0.05, 0.1) is 10.7 Å². The van der Waals surface area contributed by atoms with E-state index in [1.54, 1.807) is 0 Å². The van der Waals surface area contributed by atoms with Crippen LogP contribution in [0.2, 0.25) is 0 Å². The Morgan fingerprint density at radius 2 is 2.30 bits per heavy atom. The van der Waals surface area contributed by atoms with Crippen molar-refractivity contribution >= 4 is 28.6 Å². The molecule has 0 atom stereocenters. The number of allylic oxidation sites excluding steroid dienone is 1. The van der Waals surface area contributed by atoms with Gasteiger partial charge in [-0.05, 0) is 41.4 Å². The van der Waals surface area contributed by atoms with Crippen molar-refractivity contribution in [1.82, 2.24) is 0 Å². The van der Waals surface area contributed by atoms with Crippen molar-refractivity contribution in [3.05, 3.63) is 9.66 Å². The molecule has 0 bridgehead atoms. The first-order chi connectivity index (χ1) is 4.74. The Balaban J connectivity index is 2.44. The van der Waals surface area contributed by atoms with Gasteiger partial charge < -0.3 is 4.74 Å². The van der Waals surface area contributed by atoms with Crippen LogP contribution in [-0.2, 0) is 9.53 Å². The molecule has 0 saturated heterocycles. The Labute approximate surface area is 73.8 Å². The summed E-state index contributed by atoms with van der Waals surface area (Å²) in [6.45, 7) is 0. The maximum absolute atomic E-state index is 10.8. The topological polar surface area (TPSA) is 26.3 Å². The molecule has 56 valence electrons. The van der Waals surface area contributed by atoms with Gasteiger partial charge in [0.1, 0.15) is 0 Å². The summed E-state index contributed by atoms with van der Waals surface area (Å²) in [5.41, 5.74) is 0. The molecule has 0 aliphatic heterocycles. The molecule has 3 heteroatoms. The van der Waals surface area contributed by atoms with Gasteiger partial charge in [0.2, 0.25) is 0 Å². The summed E-state index contributed by atoms with van der Waals surface area (Å²) in [6, 6.07) is 0. The third-order valence-corrected chi connectivity index (χ3v) is 2.18. The smallest absolute Gasteiger partial charge is 0.343 e. The molecule has 0 N–H and O–H groups in total. The molecule has 0 unspecified atom stereocenters. The van der Waals surface area contributed by atoms with Gasteiger partial charge in [-0.15, -0.1) is 0 Å². The molecular formula is C7H9IO2. The van der Waals surface area contributed by atoms with E-state index in [1.165, 1.54) is 20.0 Å². The highest BCUT2D eigenvalue weighted by molar-refractivity contribution is 14.1. The summed E-state index contributed by atoms with van der Waals surface area (Å²) < 4.78 is 5.24. The number of ether oxygens (including phenoxy) is 1. The van der Waals surface area contributed by atoms with Gasteiger partial charge in [-0.2, -0.15) is 0 Å². The fraction of sp³-hybridized carbons (Fsp3) is 0.571. The van der Waals surface area contributed by atoms with Crippen molar-refractivity contribution in [2.45, 2.75) is 12.8 Å². The monoisotopic (exact) mass is 252 g/mol. The van der Waals surface area contributed by atoms with Gasteiger partial charge in [0.15, 0.2) is 0 Å². The fourth-order valence-corrected chi connectivity index (χ4v) is 1.36. The molecule has 0 spiro atoms. The summed E-state index contributed by atoms with van der Waals surface area (Å²) in [4.78, 5) is 10.8. The van der Waals surface area contributed by atoms with Crippen LogP contribution in [0.1, 0.15) is 12.8 Å². The Bertz CT molecular complexity index is 170. The van der Waals surface area contributed by atoms with Crippen LogP contribution >= 0.6 is 22.6 Å². The standard InChI is InChI=1S/C7H9IO2/c1-10-7(9)6(8)4-5-2-3-5/h4-5H,2-3H2,1H3. The SMILES string of the molecule is COC(=O)C(I)=CC1CC1. The zero-order valence-corrected chi connectivity index (χ0v) is 7.92. The number of esters is 1. The highest BCUT2D eigenvalue weighted by Gasteiger charge is 2.20. The van der Waals surface area contributed by atoms with E-state index in [9.17, 15) is 4.79 Å².